The molecule has 1 fully saturated rings. The van der Waals surface area contributed by atoms with Gasteiger partial charge in [0.2, 0.25) is 0 Å². The lowest BCUT2D eigenvalue weighted by Crippen LogP contribution is -2.49. The molecule has 0 amide bonds. The van der Waals surface area contributed by atoms with E-state index in [0.29, 0.717) is 18.9 Å². The number of hydrogen-bond acceptors (Lipinski definition) is 4. The minimum absolute atomic E-state index is 0.0296. The predicted molar refractivity (Wildman–Crippen MR) is 75.3 cm³/mol. The molecule has 2 rings (SSSR count). The van der Waals surface area contributed by atoms with Crippen LogP contribution in [0.1, 0.15) is 6.42 Å². The number of benzene rings is 1. The Bertz CT molecular complexity index is 607. The van der Waals surface area contributed by atoms with Crippen molar-refractivity contribution in [2.45, 2.75) is 6.42 Å². The van der Waals surface area contributed by atoms with Crippen LogP contribution < -0.4 is 4.31 Å². The standard InChI is InChI=1S/C13H16FN3O3S/c14-12-2-4-13(5-3-12)17(7-1-6-15)21(18,19)16-8-10-20-11-9-16/h2-5H,1,7-11H2. The van der Waals surface area contributed by atoms with Crippen molar-refractivity contribution in [1.82, 2.24) is 4.31 Å². The highest BCUT2D eigenvalue weighted by atomic mass is 32.2. The Morgan fingerprint density at radius 1 is 1.29 bits per heavy atom. The molecular weight excluding hydrogens is 297 g/mol. The summed E-state index contributed by atoms with van der Waals surface area (Å²) < 4.78 is 46.0. The highest BCUT2D eigenvalue weighted by Gasteiger charge is 2.31. The van der Waals surface area contributed by atoms with Gasteiger partial charge >= 0.3 is 10.2 Å². The van der Waals surface area contributed by atoms with E-state index < -0.39 is 16.0 Å². The van der Waals surface area contributed by atoms with E-state index in [9.17, 15) is 12.8 Å². The van der Waals surface area contributed by atoms with Crippen LogP contribution in [0.5, 0.6) is 0 Å². The van der Waals surface area contributed by atoms with Gasteiger partial charge in [0.25, 0.3) is 0 Å². The smallest absolute Gasteiger partial charge is 0.304 e. The van der Waals surface area contributed by atoms with E-state index in [4.69, 9.17) is 10.00 Å². The Kier molecular flexibility index (Phi) is 5.12. The summed E-state index contributed by atoms with van der Waals surface area (Å²) in [5.41, 5.74) is 0.346. The summed E-state index contributed by atoms with van der Waals surface area (Å²) in [6.07, 6.45) is 0.0565. The molecule has 8 heteroatoms. The normalized spacial score (nSPS) is 16.4. The van der Waals surface area contributed by atoms with E-state index >= 15 is 0 Å². The number of nitrogens with zero attached hydrogens (tertiary/aromatic N) is 3. The molecule has 1 aromatic rings. The van der Waals surface area contributed by atoms with Gasteiger partial charge in [-0.05, 0) is 24.3 Å². The van der Waals surface area contributed by atoms with E-state index in [-0.39, 0.29) is 26.1 Å². The predicted octanol–water partition coefficient (Wildman–Crippen LogP) is 1.12. The molecule has 0 aliphatic carbocycles. The summed E-state index contributed by atoms with van der Waals surface area (Å²) in [5, 5.41) is 8.72. The fourth-order valence-corrected chi connectivity index (χ4v) is 3.65. The summed E-state index contributed by atoms with van der Waals surface area (Å²) in [5.74, 6) is -0.442. The molecule has 1 aliphatic heterocycles. The topological polar surface area (TPSA) is 73.6 Å². The van der Waals surface area contributed by atoms with E-state index in [1.54, 1.807) is 0 Å². The van der Waals surface area contributed by atoms with Gasteiger partial charge in [0, 0.05) is 19.6 Å². The molecule has 0 atom stereocenters. The van der Waals surface area contributed by atoms with Gasteiger partial charge in [-0.3, -0.25) is 4.31 Å². The average molecular weight is 313 g/mol. The van der Waals surface area contributed by atoms with Crippen LogP contribution in [0, 0.1) is 17.1 Å². The van der Waals surface area contributed by atoms with Crippen molar-refractivity contribution in [3.63, 3.8) is 0 Å². The minimum atomic E-state index is -3.75. The van der Waals surface area contributed by atoms with Gasteiger partial charge in [0.1, 0.15) is 5.82 Å². The van der Waals surface area contributed by atoms with Crippen molar-refractivity contribution in [3.8, 4) is 6.07 Å². The summed E-state index contributed by atoms with van der Waals surface area (Å²) in [6, 6.07) is 7.11. The van der Waals surface area contributed by atoms with Crippen molar-refractivity contribution in [2.24, 2.45) is 0 Å². The van der Waals surface area contributed by atoms with Crippen LogP contribution >= 0.6 is 0 Å². The van der Waals surface area contributed by atoms with Gasteiger partial charge in [-0.25, -0.2) is 4.39 Å². The van der Waals surface area contributed by atoms with E-state index in [2.05, 4.69) is 0 Å². The molecule has 0 spiro atoms. The molecule has 0 saturated carbocycles. The first-order chi connectivity index (χ1) is 10.1. The van der Waals surface area contributed by atoms with Gasteiger partial charge in [0.05, 0.1) is 31.4 Å². The lowest BCUT2D eigenvalue weighted by atomic mass is 10.3. The Morgan fingerprint density at radius 3 is 2.48 bits per heavy atom. The van der Waals surface area contributed by atoms with Crippen LogP contribution in [-0.4, -0.2) is 45.6 Å². The summed E-state index contributed by atoms with van der Waals surface area (Å²) >= 11 is 0. The number of anilines is 1. The highest BCUT2D eigenvalue weighted by Crippen LogP contribution is 2.22. The largest absolute Gasteiger partial charge is 0.379 e. The van der Waals surface area contributed by atoms with Crippen LogP contribution in [0.2, 0.25) is 0 Å². The van der Waals surface area contributed by atoms with Crippen molar-refractivity contribution >= 4 is 15.9 Å². The lowest BCUT2D eigenvalue weighted by Gasteiger charge is -2.32. The molecule has 0 unspecified atom stereocenters. The molecule has 1 aliphatic rings. The molecule has 6 nitrogen and oxygen atoms in total. The second-order valence-electron chi connectivity index (χ2n) is 4.48. The maximum Gasteiger partial charge on any atom is 0.304 e. The quantitative estimate of drug-likeness (QED) is 0.816. The number of hydrogen-bond donors (Lipinski definition) is 0. The van der Waals surface area contributed by atoms with Gasteiger partial charge < -0.3 is 4.74 Å². The molecule has 114 valence electrons. The lowest BCUT2D eigenvalue weighted by molar-refractivity contribution is 0.0729. The Hall–Kier alpha value is -1.69. The molecular formula is C13H16FN3O3S. The average Bonchev–Trinajstić information content (AvgIpc) is 2.50. The Labute approximate surface area is 123 Å². The van der Waals surface area contributed by atoms with Crippen LogP contribution in [0.15, 0.2) is 24.3 Å². The maximum atomic E-state index is 13.0. The van der Waals surface area contributed by atoms with Crippen molar-refractivity contribution in [2.75, 3.05) is 37.2 Å². The van der Waals surface area contributed by atoms with Crippen molar-refractivity contribution < 1.29 is 17.5 Å². The SMILES string of the molecule is N#CCCN(c1ccc(F)cc1)S(=O)(=O)N1CCOCC1. The summed E-state index contributed by atoms with van der Waals surface area (Å²) in [6.45, 7) is 1.25. The molecule has 1 heterocycles. The van der Waals surface area contributed by atoms with Crippen LogP contribution in [-0.2, 0) is 14.9 Å². The first kappa shape index (κ1) is 15.7. The van der Waals surface area contributed by atoms with Crippen LogP contribution in [0.25, 0.3) is 0 Å². The Morgan fingerprint density at radius 2 is 1.90 bits per heavy atom. The molecule has 1 aromatic carbocycles. The number of ether oxygens (including phenoxy) is 1. The van der Waals surface area contributed by atoms with E-state index in [1.807, 2.05) is 6.07 Å². The summed E-state index contributed by atoms with van der Waals surface area (Å²) in [7, 11) is -3.75. The minimum Gasteiger partial charge on any atom is -0.379 e. The zero-order chi connectivity index (χ0) is 15.3. The molecule has 0 N–H and O–H groups in total. The van der Waals surface area contributed by atoms with Gasteiger partial charge in [-0.2, -0.15) is 18.0 Å². The number of morpholine rings is 1. The first-order valence-electron chi connectivity index (χ1n) is 6.54. The highest BCUT2D eigenvalue weighted by molar-refractivity contribution is 7.90. The maximum absolute atomic E-state index is 13.0. The third-order valence-corrected chi connectivity index (χ3v) is 5.08. The number of halogens is 1. The molecule has 21 heavy (non-hydrogen) atoms. The third kappa shape index (κ3) is 3.69. The van der Waals surface area contributed by atoms with Crippen LogP contribution in [0.4, 0.5) is 10.1 Å². The molecule has 1 saturated heterocycles. The zero-order valence-corrected chi connectivity index (χ0v) is 12.2. The number of rotatable bonds is 5. The summed E-state index contributed by atoms with van der Waals surface area (Å²) in [4.78, 5) is 0. The zero-order valence-electron chi connectivity index (χ0n) is 11.4. The van der Waals surface area contributed by atoms with Crippen molar-refractivity contribution in [3.05, 3.63) is 30.1 Å². The van der Waals surface area contributed by atoms with Gasteiger partial charge in [-0.1, -0.05) is 0 Å². The second-order valence-corrected chi connectivity index (χ2v) is 6.33. The van der Waals surface area contributed by atoms with Crippen LogP contribution in [0.3, 0.4) is 0 Å². The third-order valence-electron chi connectivity index (χ3n) is 3.12. The van der Waals surface area contributed by atoms with Gasteiger partial charge in [-0.15, -0.1) is 0 Å². The molecule has 0 bridgehead atoms. The monoisotopic (exact) mass is 313 g/mol. The fraction of sp³-hybridized carbons (Fsp3) is 0.462. The van der Waals surface area contributed by atoms with E-state index in [0.717, 1.165) is 4.31 Å². The fourth-order valence-electron chi connectivity index (χ4n) is 2.05. The van der Waals surface area contributed by atoms with Crippen molar-refractivity contribution in [1.29, 1.82) is 5.26 Å². The first-order valence-corrected chi connectivity index (χ1v) is 7.93. The van der Waals surface area contributed by atoms with Gasteiger partial charge in [0.15, 0.2) is 0 Å². The second kappa shape index (κ2) is 6.85. The molecule has 0 aromatic heterocycles. The molecule has 0 radical (unpaired) electrons. The van der Waals surface area contributed by atoms with E-state index in [1.165, 1.54) is 28.6 Å². The number of nitriles is 1. The Balaban J connectivity index is 2.30.